The van der Waals surface area contributed by atoms with E-state index in [1.54, 1.807) is 12.1 Å². The molecule has 0 saturated heterocycles. The number of hydrogen-bond acceptors (Lipinski definition) is 3. The first-order chi connectivity index (χ1) is 8.00. The van der Waals surface area contributed by atoms with Crippen LogP contribution in [0.25, 0.3) is 5.69 Å². The number of aromatic nitrogens is 2. The van der Waals surface area contributed by atoms with Gasteiger partial charge in [-0.2, -0.15) is 0 Å². The summed E-state index contributed by atoms with van der Waals surface area (Å²) in [5.41, 5.74) is 1.23. The minimum Gasteiger partial charge on any atom is -0.543 e. The maximum absolute atomic E-state index is 11.8. The van der Waals surface area contributed by atoms with Gasteiger partial charge >= 0.3 is 29.6 Å². The topological polar surface area (TPSA) is 77.9 Å². The SMILES string of the molecule is Cc1ccc(-n2[nH]c(C(=O)[O-])c(C)c2=O)cc1.[Na+]. The molecule has 0 fully saturated rings. The van der Waals surface area contributed by atoms with Gasteiger partial charge in [0.05, 0.1) is 17.4 Å². The third-order valence-corrected chi connectivity index (χ3v) is 2.62. The van der Waals surface area contributed by atoms with E-state index in [1.165, 1.54) is 11.6 Å². The summed E-state index contributed by atoms with van der Waals surface area (Å²) >= 11 is 0. The Labute approximate surface area is 126 Å². The van der Waals surface area contributed by atoms with Crippen LogP contribution in [0.2, 0.25) is 0 Å². The molecule has 1 heterocycles. The Morgan fingerprint density at radius 1 is 1.22 bits per heavy atom. The van der Waals surface area contributed by atoms with Gasteiger partial charge in [-0.15, -0.1) is 0 Å². The molecule has 0 atom stereocenters. The summed E-state index contributed by atoms with van der Waals surface area (Å²) in [6, 6.07) is 7.17. The van der Waals surface area contributed by atoms with E-state index in [-0.39, 0.29) is 46.4 Å². The molecule has 2 rings (SSSR count). The van der Waals surface area contributed by atoms with Crippen LogP contribution in [0.5, 0.6) is 0 Å². The number of carboxylic acid groups (broad SMARTS) is 1. The van der Waals surface area contributed by atoms with Gasteiger partial charge in [0.15, 0.2) is 0 Å². The van der Waals surface area contributed by atoms with Crippen molar-refractivity contribution < 1.29 is 39.5 Å². The fourth-order valence-electron chi connectivity index (χ4n) is 1.60. The number of carboxylic acids is 1. The first kappa shape index (κ1) is 14.8. The van der Waals surface area contributed by atoms with Crippen LogP contribution in [0, 0.1) is 13.8 Å². The summed E-state index contributed by atoms with van der Waals surface area (Å²) < 4.78 is 1.19. The molecule has 2 aromatic rings. The summed E-state index contributed by atoms with van der Waals surface area (Å²) in [4.78, 5) is 22.6. The number of aromatic amines is 1. The summed E-state index contributed by atoms with van der Waals surface area (Å²) in [5.74, 6) is -1.38. The molecule has 1 N–H and O–H groups in total. The van der Waals surface area contributed by atoms with Gasteiger partial charge < -0.3 is 9.90 Å². The predicted molar refractivity (Wildman–Crippen MR) is 60.2 cm³/mol. The van der Waals surface area contributed by atoms with Crippen molar-refractivity contribution in [1.82, 2.24) is 9.78 Å². The Kier molecular flexibility index (Phi) is 4.56. The molecule has 0 bridgehead atoms. The van der Waals surface area contributed by atoms with Gasteiger partial charge in [0.25, 0.3) is 5.56 Å². The van der Waals surface area contributed by atoms with Crippen molar-refractivity contribution in [2.75, 3.05) is 0 Å². The molecule has 5 nitrogen and oxygen atoms in total. The van der Waals surface area contributed by atoms with E-state index in [9.17, 15) is 14.7 Å². The second kappa shape index (κ2) is 5.56. The molecule has 0 spiro atoms. The molecule has 18 heavy (non-hydrogen) atoms. The van der Waals surface area contributed by atoms with Crippen LogP contribution in [-0.4, -0.2) is 15.7 Å². The zero-order valence-electron chi connectivity index (χ0n) is 10.5. The van der Waals surface area contributed by atoms with Crippen molar-refractivity contribution in [3.63, 3.8) is 0 Å². The van der Waals surface area contributed by atoms with E-state index in [0.717, 1.165) is 5.56 Å². The molecular formula is C12H11N2NaO3. The molecule has 0 aliphatic heterocycles. The maximum atomic E-state index is 11.8. The summed E-state index contributed by atoms with van der Waals surface area (Å²) in [7, 11) is 0. The number of hydrogen-bond donors (Lipinski definition) is 1. The number of aryl methyl sites for hydroxylation is 1. The fraction of sp³-hybridized carbons (Fsp3) is 0.167. The second-order valence-corrected chi connectivity index (χ2v) is 3.88. The first-order valence-electron chi connectivity index (χ1n) is 5.10. The Morgan fingerprint density at radius 2 is 1.78 bits per heavy atom. The van der Waals surface area contributed by atoms with Gasteiger partial charge in [0, 0.05) is 5.56 Å². The van der Waals surface area contributed by atoms with Gasteiger partial charge in [-0.05, 0) is 26.0 Å². The number of benzene rings is 1. The van der Waals surface area contributed by atoms with Gasteiger partial charge in [0.2, 0.25) is 0 Å². The number of H-pyrrole nitrogens is 1. The molecule has 1 aromatic carbocycles. The second-order valence-electron chi connectivity index (χ2n) is 3.88. The van der Waals surface area contributed by atoms with Gasteiger partial charge in [-0.25, -0.2) is 4.68 Å². The Morgan fingerprint density at radius 3 is 2.22 bits per heavy atom. The van der Waals surface area contributed by atoms with Crippen LogP contribution in [0.3, 0.4) is 0 Å². The monoisotopic (exact) mass is 254 g/mol. The van der Waals surface area contributed by atoms with E-state index in [0.29, 0.717) is 5.69 Å². The summed E-state index contributed by atoms with van der Waals surface area (Å²) in [6.45, 7) is 3.38. The smallest absolute Gasteiger partial charge is 0.543 e. The number of nitrogens with zero attached hydrogens (tertiary/aromatic N) is 1. The van der Waals surface area contributed by atoms with Crippen LogP contribution in [0.15, 0.2) is 29.1 Å². The fourth-order valence-corrected chi connectivity index (χ4v) is 1.60. The standard InChI is InChI=1S/C12H12N2O3.Na/c1-7-3-5-9(6-4-7)14-11(15)8(2)10(13-14)12(16)17;/h3-6,13H,1-2H3,(H,16,17);/q;+1/p-1. The third kappa shape index (κ3) is 2.58. The number of aromatic carboxylic acids is 1. The van der Waals surface area contributed by atoms with Gasteiger partial charge in [-0.1, -0.05) is 17.7 Å². The molecule has 0 unspecified atom stereocenters. The van der Waals surface area contributed by atoms with E-state index in [4.69, 9.17) is 0 Å². The average molecular weight is 254 g/mol. The normalized spacial score (nSPS) is 9.89. The molecule has 0 aliphatic rings. The quantitative estimate of drug-likeness (QED) is 0.586. The minimum atomic E-state index is -1.38. The molecule has 0 aliphatic carbocycles. The van der Waals surface area contributed by atoms with Crippen molar-refractivity contribution in [3.05, 3.63) is 51.4 Å². The molecule has 0 radical (unpaired) electrons. The molecule has 0 amide bonds. The van der Waals surface area contributed by atoms with Crippen LogP contribution in [0.1, 0.15) is 21.6 Å². The first-order valence-corrected chi connectivity index (χ1v) is 5.10. The number of carbonyl (C=O) groups is 1. The summed E-state index contributed by atoms with van der Waals surface area (Å²) in [6.07, 6.45) is 0. The zero-order chi connectivity index (χ0) is 12.6. The predicted octanol–water partition coefficient (Wildman–Crippen LogP) is -2.85. The minimum absolute atomic E-state index is 0. The van der Waals surface area contributed by atoms with Crippen molar-refractivity contribution in [3.8, 4) is 5.69 Å². The Hall–Kier alpha value is -1.30. The average Bonchev–Trinajstić information content (AvgIpc) is 2.58. The van der Waals surface area contributed by atoms with Crippen LogP contribution in [-0.2, 0) is 0 Å². The molecule has 88 valence electrons. The Bertz CT molecular complexity index is 626. The van der Waals surface area contributed by atoms with Crippen molar-refractivity contribution >= 4 is 5.97 Å². The number of rotatable bonds is 2. The molecule has 6 heteroatoms. The van der Waals surface area contributed by atoms with Crippen LogP contribution < -0.4 is 40.2 Å². The van der Waals surface area contributed by atoms with Gasteiger partial charge in [0.1, 0.15) is 0 Å². The Balaban J connectivity index is 0.00000162. The largest absolute Gasteiger partial charge is 1.00 e. The number of nitrogens with one attached hydrogen (secondary N) is 1. The molecule has 0 saturated carbocycles. The van der Waals surface area contributed by atoms with Crippen molar-refractivity contribution in [2.24, 2.45) is 0 Å². The van der Waals surface area contributed by atoms with E-state index in [2.05, 4.69) is 5.10 Å². The van der Waals surface area contributed by atoms with Crippen molar-refractivity contribution in [2.45, 2.75) is 13.8 Å². The van der Waals surface area contributed by atoms with Crippen LogP contribution in [0.4, 0.5) is 0 Å². The number of carbonyl (C=O) groups excluding carboxylic acids is 1. The van der Waals surface area contributed by atoms with Crippen LogP contribution >= 0.6 is 0 Å². The van der Waals surface area contributed by atoms with E-state index >= 15 is 0 Å². The van der Waals surface area contributed by atoms with Gasteiger partial charge in [-0.3, -0.25) is 9.89 Å². The zero-order valence-corrected chi connectivity index (χ0v) is 12.5. The molecule has 1 aromatic heterocycles. The van der Waals surface area contributed by atoms with E-state index in [1.807, 2.05) is 19.1 Å². The molecular weight excluding hydrogens is 243 g/mol. The summed E-state index contributed by atoms with van der Waals surface area (Å²) in [5, 5.41) is 13.3. The maximum Gasteiger partial charge on any atom is 1.00 e. The van der Waals surface area contributed by atoms with E-state index < -0.39 is 5.97 Å². The van der Waals surface area contributed by atoms with Crippen molar-refractivity contribution in [1.29, 1.82) is 0 Å². The third-order valence-electron chi connectivity index (χ3n) is 2.62.